The molecule has 0 spiro atoms. The molecule has 2 aromatic rings. The van der Waals surface area contributed by atoms with Crippen molar-refractivity contribution in [2.45, 2.75) is 19.9 Å². The van der Waals surface area contributed by atoms with Crippen LogP contribution < -0.4 is 16.6 Å². The zero-order valence-electron chi connectivity index (χ0n) is 11.1. The minimum absolute atomic E-state index is 0.0619. The van der Waals surface area contributed by atoms with Crippen molar-refractivity contribution < 1.29 is 0 Å². The Morgan fingerprint density at radius 2 is 1.79 bits per heavy atom. The van der Waals surface area contributed by atoms with Gasteiger partial charge < -0.3 is 5.32 Å². The molecule has 0 saturated heterocycles. The van der Waals surface area contributed by atoms with Crippen molar-refractivity contribution in [3.05, 3.63) is 26.0 Å². The van der Waals surface area contributed by atoms with E-state index in [0.29, 0.717) is 5.69 Å². The van der Waals surface area contributed by atoms with E-state index >= 15 is 0 Å². The molecule has 0 fully saturated rings. The number of halogens is 1. The summed E-state index contributed by atoms with van der Waals surface area (Å²) in [7, 11) is 2.95. The molecule has 7 nitrogen and oxygen atoms in total. The summed E-state index contributed by atoms with van der Waals surface area (Å²) in [4.78, 5) is 24.1. The van der Waals surface area contributed by atoms with E-state index in [9.17, 15) is 9.59 Å². The maximum Gasteiger partial charge on any atom is 0.332 e. The molecule has 0 radical (unpaired) electrons. The number of rotatable bonds is 2. The minimum atomic E-state index is -0.454. The van der Waals surface area contributed by atoms with E-state index in [1.54, 1.807) is 0 Å². The molecule has 2 aromatic heterocycles. The first kappa shape index (κ1) is 13.5. The third-order valence-electron chi connectivity index (χ3n) is 2.76. The molecule has 0 unspecified atom stereocenters. The lowest BCUT2D eigenvalue weighted by Gasteiger charge is -2.14. The number of aryl methyl sites for hydroxylation is 1. The Morgan fingerprint density at radius 3 is 2.37 bits per heavy atom. The molecule has 0 amide bonds. The highest BCUT2D eigenvalue weighted by Crippen LogP contribution is 2.24. The van der Waals surface area contributed by atoms with Gasteiger partial charge >= 0.3 is 5.69 Å². The van der Waals surface area contributed by atoms with Crippen molar-refractivity contribution in [2.24, 2.45) is 14.1 Å². The summed E-state index contributed by atoms with van der Waals surface area (Å²) in [6.07, 6.45) is 0. The van der Waals surface area contributed by atoms with E-state index < -0.39 is 11.2 Å². The zero-order valence-corrected chi connectivity index (χ0v) is 11.8. The summed E-state index contributed by atoms with van der Waals surface area (Å²) < 4.78 is 2.29. The van der Waals surface area contributed by atoms with Crippen LogP contribution in [0.1, 0.15) is 13.8 Å². The van der Waals surface area contributed by atoms with Crippen LogP contribution in [0.4, 0.5) is 5.69 Å². The molecular formula is C11H14ClN5O2. The molecule has 8 heteroatoms. The van der Waals surface area contributed by atoms with Crippen LogP contribution in [0, 0.1) is 0 Å². The van der Waals surface area contributed by atoms with Gasteiger partial charge in [-0.05, 0) is 13.8 Å². The molecule has 0 aliphatic rings. The van der Waals surface area contributed by atoms with E-state index in [-0.39, 0.29) is 22.2 Å². The fourth-order valence-corrected chi connectivity index (χ4v) is 2.02. The van der Waals surface area contributed by atoms with Crippen LogP contribution in [0.25, 0.3) is 11.0 Å². The topological polar surface area (TPSA) is 81.8 Å². The molecule has 1 N–H and O–H groups in total. The predicted octanol–water partition coefficient (Wildman–Crippen LogP) is 0.501. The molecule has 102 valence electrons. The summed E-state index contributed by atoms with van der Waals surface area (Å²) in [5.41, 5.74) is -0.291. The lowest BCUT2D eigenvalue weighted by Crippen LogP contribution is -2.38. The average Bonchev–Trinajstić information content (AvgIpc) is 2.35. The lowest BCUT2D eigenvalue weighted by molar-refractivity contribution is 0.703. The molecule has 0 bridgehead atoms. The van der Waals surface area contributed by atoms with Gasteiger partial charge in [0.1, 0.15) is 5.39 Å². The van der Waals surface area contributed by atoms with Crippen LogP contribution in [0.5, 0.6) is 0 Å². The predicted molar refractivity (Wildman–Crippen MR) is 73.8 cm³/mol. The van der Waals surface area contributed by atoms with Crippen LogP contribution in [0.2, 0.25) is 5.15 Å². The second kappa shape index (κ2) is 4.65. The minimum Gasteiger partial charge on any atom is -0.380 e. The highest BCUT2D eigenvalue weighted by molar-refractivity contribution is 6.33. The second-order valence-corrected chi connectivity index (χ2v) is 4.93. The van der Waals surface area contributed by atoms with Gasteiger partial charge in [0, 0.05) is 20.1 Å². The summed E-state index contributed by atoms with van der Waals surface area (Å²) in [6, 6.07) is 0.0619. The highest BCUT2D eigenvalue weighted by atomic mass is 35.5. The van der Waals surface area contributed by atoms with Crippen LogP contribution in [0.15, 0.2) is 9.59 Å². The highest BCUT2D eigenvalue weighted by Gasteiger charge is 2.17. The van der Waals surface area contributed by atoms with Crippen LogP contribution in [0.3, 0.4) is 0 Å². The van der Waals surface area contributed by atoms with Crippen molar-refractivity contribution in [1.29, 1.82) is 0 Å². The molecule has 2 heterocycles. The SMILES string of the molecule is CC(C)Nc1c(Cl)nnc2c1c(=O)n(C)c(=O)n2C. The largest absolute Gasteiger partial charge is 0.380 e. The van der Waals surface area contributed by atoms with E-state index in [4.69, 9.17) is 11.6 Å². The van der Waals surface area contributed by atoms with Gasteiger partial charge in [-0.3, -0.25) is 13.9 Å². The number of hydrogen-bond donors (Lipinski definition) is 1. The third kappa shape index (κ3) is 2.10. The molecule has 0 aliphatic carbocycles. The Balaban J connectivity index is 3.01. The van der Waals surface area contributed by atoms with Gasteiger partial charge in [-0.1, -0.05) is 11.6 Å². The Kier molecular flexibility index (Phi) is 3.32. The third-order valence-corrected chi connectivity index (χ3v) is 3.02. The number of aromatic nitrogens is 4. The van der Waals surface area contributed by atoms with Gasteiger partial charge in [-0.15, -0.1) is 10.2 Å². The normalized spacial score (nSPS) is 11.3. The van der Waals surface area contributed by atoms with E-state index in [1.165, 1.54) is 18.7 Å². The maximum atomic E-state index is 12.2. The first-order valence-corrected chi connectivity index (χ1v) is 6.10. The van der Waals surface area contributed by atoms with Gasteiger partial charge in [0.05, 0.1) is 5.69 Å². The summed E-state index contributed by atoms with van der Waals surface area (Å²) in [6.45, 7) is 3.82. The quantitative estimate of drug-likeness (QED) is 0.868. The molecule has 19 heavy (non-hydrogen) atoms. The zero-order chi connectivity index (χ0) is 14.3. The standard InChI is InChI=1S/C11H14ClN5O2/c1-5(2)13-7-6-9(15-14-8(7)12)16(3)11(19)17(4)10(6)18/h5H,1-4H3,(H,13,15). The van der Waals surface area contributed by atoms with Crippen LogP contribution >= 0.6 is 11.6 Å². The van der Waals surface area contributed by atoms with Crippen molar-refractivity contribution >= 4 is 28.3 Å². The van der Waals surface area contributed by atoms with Crippen LogP contribution in [-0.2, 0) is 14.1 Å². The Hall–Kier alpha value is -1.89. The number of fused-ring (bicyclic) bond motifs is 1. The summed E-state index contributed by atoms with van der Waals surface area (Å²) in [5.74, 6) is 0. The molecule has 2 rings (SSSR count). The molecule has 0 saturated carbocycles. The molecular weight excluding hydrogens is 270 g/mol. The Labute approximate surface area is 113 Å². The number of nitrogens with one attached hydrogen (secondary N) is 1. The van der Waals surface area contributed by atoms with E-state index in [2.05, 4.69) is 15.5 Å². The van der Waals surface area contributed by atoms with Crippen molar-refractivity contribution in [3.63, 3.8) is 0 Å². The van der Waals surface area contributed by atoms with E-state index in [1.807, 2.05) is 13.8 Å². The van der Waals surface area contributed by atoms with Crippen molar-refractivity contribution in [3.8, 4) is 0 Å². The molecule has 0 aliphatic heterocycles. The summed E-state index contributed by atoms with van der Waals surface area (Å²) >= 11 is 5.99. The Bertz CT molecular complexity index is 762. The lowest BCUT2D eigenvalue weighted by atomic mass is 10.2. The first-order valence-electron chi connectivity index (χ1n) is 5.73. The van der Waals surface area contributed by atoms with Gasteiger partial charge in [-0.2, -0.15) is 0 Å². The molecule has 0 atom stereocenters. The van der Waals surface area contributed by atoms with Gasteiger partial charge in [0.2, 0.25) is 0 Å². The Morgan fingerprint density at radius 1 is 1.16 bits per heavy atom. The first-order chi connectivity index (χ1) is 8.84. The van der Waals surface area contributed by atoms with Crippen molar-refractivity contribution in [2.75, 3.05) is 5.32 Å². The van der Waals surface area contributed by atoms with Gasteiger partial charge in [0.15, 0.2) is 10.8 Å². The number of anilines is 1. The number of nitrogens with zero attached hydrogens (tertiary/aromatic N) is 4. The summed E-state index contributed by atoms with van der Waals surface area (Å²) in [5, 5.41) is 11.1. The fraction of sp³-hybridized carbons (Fsp3) is 0.455. The van der Waals surface area contributed by atoms with Crippen LogP contribution in [-0.4, -0.2) is 25.4 Å². The van der Waals surface area contributed by atoms with Gasteiger partial charge in [0.25, 0.3) is 5.56 Å². The maximum absolute atomic E-state index is 12.2. The smallest absolute Gasteiger partial charge is 0.332 e. The molecule has 0 aromatic carbocycles. The van der Waals surface area contributed by atoms with Gasteiger partial charge in [-0.25, -0.2) is 4.79 Å². The van der Waals surface area contributed by atoms with E-state index in [0.717, 1.165) is 4.57 Å². The van der Waals surface area contributed by atoms with Crippen molar-refractivity contribution in [1.82, 2.24) is 19.3 Å². The fourth-order valence-electron chi connectivity index (χ4n) is 1.83. The average molecular weight is 284 g/mol. The monoisotopic (exact) mass is 283 g/mol. The number of hydrogen-bond acceptors (Lipinski definition) is 5. The second-order valence-electron chi connectivity index (χ2n) is 4.57.